The van der Waals surface area contributed by atoms with Crippen LogP contribution in [0.4, 0.5) is 4.79 Å². The summed E-state index contributed by atoms with van der Waals surface area (Å²) < 4.78 is 7.03. The SMILES string of the molecule is O=C(NOC[C@H]1C[C@H](n2cnc3ccccc32)CN1)C1CCC2CN1C(=O)N2OS. The van der Waals surface area contributed by atoms with Crippen LogP contribution in [-0.2, 0) is 13.9 Å². The fourth-order valence-electron chi connectivity index (χ4n) is 4.70. The van der Waals surface area contributed by atoms with E-state index in [1.165, 1.54) is 9.96 Å². The van der Waals surface area contributed by atoms with Gasteiger partial charge in [-0.05, 0) is 31.4 Å². The molecule has 2 N–H and O–H groups in total. The van der Waals surface area contributed by atoms with Gasteiger partial charge < -0.3 is 14.8 Å². The summed E-state index contributed by atoms with van der Waals surface area (Å²) in [4.78, 5) is 36.3. The van der Waals surface area contributed by atoms with E-state index < -0.39 is 6.04 Å². The number of aromatic nitrogens is 2. The monoisotopic (exact) mass is 432 g/mol. The predicted molar refractivity (Wildman–Crippen MR) is 110 cm³/mol. The minimum Gasteiger partial charge on any atom is -0.326 e. The first-order valence-corrected chi connectivity index (χ1v) is 10.5. The van der Waals surface area contributed by atoms with Crippen LogP contribution in [0.25, 0.3) is 11.0 Å². The van der Waals surface area contributed by atoms with Crippen molar-refractivity contribution in [2.24, 2.45) is 0 Å². The van der Waals surface area contributed by atoms with E-state index in [2.05, 4.69) is 39.3 Å². The van der Waals surface area contributed by atoms with Gasteiger partial charge in [0, 0.05) is 38.1 Å². The predicted octanol–water partition coefficient (Wildman–Crippen LogP) is 1.03. The zero-order chi connectivity index (χ0) is 20.7. The van der Waals surface area contributed by atoms with E-state index in [9.17, 15) is 9.59 Å². The molecule has 2 unspecified atom stereocenters. The van der Waals surface area contributed by atoms with E-state index in [4.69, 9.17) is 9.12 Å². The van der Waals surface area contributed by atoms with Gasteiger partial charge in [-0.3, -0.25) is 9.63 Å². The topological polar surface area (TPSA) is 101 Å². The number of nitrogens with zero attached hydrogens (tertiary/aromatic N) is 4. The number of amides is 3. The molecule has 5 rings (SSSR count). The van der Waals surface area contributed by atoms with Crippen molar-refractivity contribution in [1.82, 2.24) is 30.3 Å². The molecule has 0 saturated carbocycles. The number of carbonyl (C=O) groups excluding carboxylic acids is 2. The number of nitrogens with one attached hydrogen (secondary N) is 2. The lowest BCUT2D eigenvalue weighted by atomic mass is 10.0. The first-order valence-electron chi connectivity index (χ1n) is 10.1. The molecule has 10 nitrogen and oxygen atoms in total. The summed E-state index contributed by atoms with van der Waals surface area (Å²) in [6.07, 6.45) is 4.01. The Labute approximate surface area is 179 Å². The highest BCUT2D eigenvalue weighted by molar-refractivity contribution is 7.75. The van der Waals surface area contributed by atoms with Crippen LogP contribution in [0.5, 0.6) is 0 Å². The Bertz CT molecular complexity index is 954. The molecule has 30 heavy (non-hydrogen) atoms. The Kier molecular flexibility index (Phi) is 5.27. The highest BCUT2D eigenvalue weighted by Crippen LogP contribution is 2.30. The molecule has 4 atom stereocenters. The van der Waals surface area contributed by atoms with Gasteiger partial charge >= 0.3 is 6.03 Å². The van der Waals surface area contributed by atoms with Crippen LogP contribution in [0.1, 0.15) is 25.3 Å². The van der Waals surface area contributed by atoms with Crippen molar-refractivity contribution in [3.05, 3.63) is 30.6 Å². The minimum absolute atomic E-state index is 0.0566. The second kappa shape index (κ2) is 8.06. The molecule has 3 amide bonds. The highest BCUT2D eigenvalue weighted by Gasteiger charge is 2.48. The molecule has 0 aliphatic carbocycles. The number of hydrogen-bond donors (Lipinski definition) is 3. The highest BCUT2D eigenvalue weighted by atomic mass is 32.1. The van der Waals surface area contributed by atoms with E-state index in [1.807, 2.05) is 24.5 Å². The molecule has 11 heteroatoms. The number of benzene rings is 1. The lowest BCUT2D eigenvalue weighted by molar-refractivity contribution is -0.139. The van der Waals surface area contributed by atoms with Gasteiger partial charge in [-0.1, -0.05) is 12.1 Å². The molecule has 0 spiro atoms. The summed E-state index contributed by atoms with van der Waals surface area (Å²) in [6, 6.07) is 7.53. The quantitative estimate of drug-likeness (QED) is 0.358. The third-order valence-electron chi connectivity index (χ3n) is 6.24. The molecule has 3 fully saturated rings. The summed E-state index contributed by atoms with van der Waals surface area (Å²) >= 11 is 3.73. The molecule has 2 aromatic rings. The number of hydroxylamine groups is 3. The number of urea groups is 1. The summed E-state index contributed by atoms with van der Waals surface area (Å²) in [6.45, 7) is 1.63. The Balaban J connectivity index is 1.12. The number of imidazole rings is 1. The summed E-state index contributed by atoms with van der Waals surface area (Å²) in [5, 5.41) is 4.66. The summed E-state index contributed by atoms with van der Waals surface area (Å²) in [5.74, 6) is -0.307. The van der Waals surface area contributed by atoms with Crippen molar-refractivity contribution in [2.75, 3.05) is 19.7 Å². The van der Waals surface area contributed by atoms with Gasteiger partial charge in [0.15, 0.2) is 0 Å². The fraction of sp³-hybridized carbons (Fsp3) is 0.526. The first kappa shape index (κ1) is 19.6. The van der Waals surface area contributed by atoms with Crippen LogP contribution in [0, 0.1) is 0 Å². The molecule has 4 heterocycles. The van der Waals surface area contributed by atoms with E-state index in [0.717, 1.165) is 24.0 Å². The number of hydrogen-bond acceptors (Lipinski definition) is 7. The van der Waals surface area contributed by atoms with E-state index in [1.54, 1.807) is 0 Å². The standard InChI is InChI=1S/C19H24N6O4S/c26-18(17-6-5-13-9-23(17)19(27)25(13)29-30)22-28-10-12-7-14(8-20-12)24-11-21-15-3-1-2-4-16(15)24/h1-4,11-14,17,20,30H,5-10H2,(H,22,26)/t12-,13?,14+,17?/m1/s1. The lowest BCUT2D eigenvalue weighted by Crippen LogP contribution is -2.50. The molecular formula is C19H24N6O4S. The molecule has 3 aliphatic heterocycles. The van der Waals surface area contributed by atoms with Gasteiger partial charge in [-0.2, -0.15) is 5.06 Å². The van der Waals surface area contributed by atoms with Crippen molar-refractivity contribution in [3.8, 4) is 0 Å². The molecule has 1 aromatic carbocycles. The van der Waals surface area contributed by atoms with Crippen LogP contribution >= 0.6 is 12.9 Å². The van der Waals surface area contributed by atoms with Gasteiger partial charge in [0.25, 0.3) is 5.91 Å². The van der Waals surface area contributed by atoms with E-state index in [0.29, 0.717) is 26.0 Å². The summed E-state index contributed by atoms with van der Waals surface area (Å²) in [5.41, 5.74) is 4.62. The molecule has 1 aromatic heterocycles. The average Bonchev–Trinajstić information content (AvgIpc) is 3.45. The van der Waals surface area contributed by atoms with Crippen molar-refractivity contribution in [1.29, 1.82) is 0 Å². The molecule has 3 aliphatic rings. The zero-order valence-electron chi connectivity index (χ0n) is 16.3. The number of para-hydroxylation sites is 2. The van der Waals surface area contributed by atoms with Gasteiger partial charge in [-0.25, -0.2) is 19.5 Å². The van der Waals surface area contributed by atoms with E-state index in [-0.39, 0.29) is 30.1 Å². The Morgan fingerprint density at radius 1 is 1.30 bits per heavy atom. The molecule has 3 saturated heterocycles. The molecular weight excluding hydrogens is 408 g/mol. The molecule has 2 bridgehead atoms. The van der Waals surface area contributed by atoms with Crippen molar-refractivity contribution in [3.63, 3.8) is 0 Å². The Morgan fingerprint density at radius 3 is 3.03 bits per heavy atom. The third kappa shape index (κ3) is 3.41. The number of rotatable bonds is 6. The van der Waals surface area contributed by atoms with Crippen molar-refractivity contribution in [2.45, 2.75) is 43.4 Å². The Hall–Kier alpha value is -2.34. The average molecular weight is 433 g/mol. The van der Waals surface area contributed by atoms with Crippen LogP contribution in [-0.4, -0.2) is 69.3 Å². The molecule has 0 radical (unpaired) electrons. The maximum absolute atomic E-state index is 12.6. The smallest absolute Gasteiger partial charge is 0.326 e. The molecule has 160 valence electrons. The first-order chi connectivity index (χ1) is 14.7. The number of piperidine rings is 1. The largest absolute Gasteiger partial charge is 0.345 e. The maximum atomic E-state index is 12.6. The second-order valence-electron chi connectivity index (χ2n) is 8.00. The lowest BCUT2D eigenvalue weighted by Gasteiger charge is -2.29. The van der Waals surface area contributed by atoms with Crippen molar-refractivity contribution < 1.29 is 18.7 Å². The Morgan fingerprint density at radius 2 is 2.17 bits per heavy atom. The van der Waals surface area contributed by atoms with Gasteiger partial charge in [-0.15, -0.1) is 0 Å². The van der Waals surface area contributed by atoms with E-state index >= 15 is 0 Å². The normalized spacial score (nSPS) is 28.5. The van der Waals surface area contributed by atoms with Crippen LogP contribution < -0.4 is 10.8 Å². The van der Waals surface area contributed by atoms with Gasteiger partial charge in [0.2, 0.25) is 0 Å². The second-order valence-corrected chi connectivity index (χ2v) is 8.17. The van der Waals surface area contributed by atoms with Gasteiger partial charge in [0.1, 0.15) is 6.04 Å². The van der Waals surface area contributed by atoms with Crippen LogP contribution in [0.3, 0.4) is 0 Å². The number of carbonyl (C=O) groups is 2. The fourth-order valence-corrected chi connectivity index (χ4v) is 4.90. The van der Waals surface area contributed by atoms with Crippen LogP contribution in [0.2, 0.25) is 0 Å². The number of fused-ring (bicyclic) bond motifs is 3. The van der Waals surface area contributed by atoms with Crippen molar-refractivity contribution >= 4 is 35.9 Å². The van der Waals surface area contributed by atoms with Crippen LogP contribution in [0.15, 0.2) is 30.6 Å². The third-order valence-corrected chi connectivity index (χ3v) is 6.42. The maximum Gasteiger partial charge on any atom is 0.345 e. The van der Waals surface area contributed by atoms with Gasteiger partial charge in [0.05, 0.1) is 30.0 Å². The minimum atomic E-state index is -0.552. The zero-order valence-corrected chi connectivity index (χ0v) is 17.2. The summed E-state index contributed by atoms with van der Waals surface area (Å²) in [7, 11) is 0. The number of thiol groups is 1.